The topological polar surface area (TPSA) is 17.1 Å². The van der Waals surface area contributed by atoms with Gasteiger partial charge in [-0.05, 0) is 12.8 Å². The lowest BCUT2D eigenvalue weighted by molar-refractivity contribution is -0.0249. The van der Waals surface area contributed by atoms with Crippen LogP contribution in [-0.4, -0.2) is 18.1 Å². The molecule has 0 aromatic rings. The van der Waals surface area contributed by atoms with E-state index in [9.17, 15) is 22.4 Å². The molecule has 12 heavy (non-hydrogen) atoms. The maximum Gasteiger partial charge on any atom is 0.267 e. The number of carbonyl (C=O) groups excluding carboxylic acids is 1. The van der Waals surface area contributed by atoms with Gasteiger partial charge in [0.1, 0.15) is 6.17 Å². The molecule has 0 aromatic heterocycles. The largest absolute Gasteiger partial charge is 0.282 e. The van der Waals surface area contributed by atoms with Crippen molar-refractivity contribution in [3.8, 4) is 0 Å². The first kappa shape index (κ1) is 9.22. The smallest absolute Gasteiger partial charge is 0.267 e. The summed E-state index contributed by atoms with van der Waals surface area (Å²) in [6.07, 6.45) is -2.11. The van der Waals surface area contributed by atoms with Crippen molar-refractivity contribution in [2.45, 2.75) is 24.7 Å². The summed E-state index contributed by atoms with van der Waals surface area (Å²) in [7, 11) is 0. The van der Waals surface area contributed by atoms with Crippen molar-refractivity contribution >= 4 is 6.29 Å². The molecule has 1 fully saturated rings. The molecular formula is C7H5F4O. The van der Waals surface area contributed by atoms with E-state index < -0.39 is 29.9 Å². The van der Waals surface area contributed by atoms with Crippen molar-refractivity contribution < 1.29 is 22.4 Å². The molecule has 0 aromatic carbocycles. The quantitative estimate of drug-likeness (QED) is 0.470. The van der Waals surface area contributed by atoms with Crippen LogP contribution in [0.25, 0.3) is 0 Å². The summed E-state index contributed by atoms with van der Waals surface area (Å²) < 4.78 is 49.9. The van der Waals surface area contributed by atoms with Gasteiger partial charge in [-0.1, -0.05) is 0 Å². The van der Waals surface area contributed by atoms with Crippen LogP contribution in [0.1, 0.15) is 12.8 Å². The fourth-order valence-electron chi connectivity index (χ4n) is 0.981. The third kappa shape index (κ3) is 1.13. The van der Waals surface area contributed by atoms with E-state index in [4.69, 9.17) is 0 Å². The van der Waals surface area contributed by atoms with Crippen molar-refractivity contribution in [1.29, 1.82) is 0 Å². The van der Waals surface area contributed by atoms with E-state index in [1.165, 1.54) is 0 Å². The lowest BCUT2D eigenvalue weighted by Gasteiger charge is -2.35. The summed E-state index contributed by atoms with van der Waals surface area (Å²) in [5.74, 6) is -3.96. The molecule has 0 heterocycles. The van der Waals surface area contributed by atoms with Gasteiger partial charge in [0, 0.05) is 0 Å². The van der Waals surface area contributed by atoms with Crippen molar-refractivity contribution in [2.75, 3.05) is 0 Å². The summed E-state index contributed by atoms with van der Waals surface area (Å²) in [6, 6.07) is 0. The minimum absolute atomic E-state index is 0.157. The number of allylic oxidation sites excluding steroid dienone is 2. The van der Waals surface area contributed by atoms with E-state index in [1.54, 1.807) is 0 Å². The summed E-state index contributed by atoms with van der Waals surface area (Å²) in [4.78, 5) is 9.55. The normalized spacial score (nSPS) is 36.8. The molecule has 2 unspecified atom stereocenters. The predicted octanol–water partition coefficient (Wildman–Crippen LogP) is 2.09. The molecule has 67 valence electrons. The Labute approximate surface area is 66.1 Å². The van der Waals surface area contributed by atoms with Gasteiger partial charge in [-0.2, -0.15) is 4.39 Å². The minimum atomic E-state index is -2.93. The lowest BCUT2D eigenvalue weighted by Crippen LogP contribution is -2.46. The molecule has 1 nitrogen and oxygen atoms in total. The van der Waals surface area contributed by atoms with E-state index >= 15 is 0 Å². The van der Waals surface area contributed by atoms with Crippen LogP contribution >= 0.6 is 0 Å². The van der Waals surface area contributed by atoms with Crippen LogP contribution in [0.5, 0.6) is 0 Å². The first-order valence-corrected chi connectivity index (χ1v) is 3.29. The van der Waals surface area contributed by atoms with Crippen LogP contribution in [0.4, 0.5) is 17.6 Å². The predicted molar refractivity (Wildman–Crippen MR) is 32.9 cm³/mol. The molecule has 5 heteroatoms. The van der Waals surface area contributed by atoms with Gasteiger partial charge in [0.2, 0.25) is 5.83 Å². The molecular weight excluding hydrogens is 176 g/mol. The lowest BCUT2D eigenvalue weighted by atomic mass is 9.78. The average Bonchev–Trinajstić information content (AvgIpc) is 2.11. The van der Waals surface area contributed by atoms with Gasteiger partial charge in [0.15, 0.2) is 11.5 Å². The van der Waals surface area contributed by atoms with Crippen LogP contribution in [0, 0.1) is 0 Å². The summed E-state index contributed by atoms with van der Waals surface area (Å²) in [6.45, 7) is 0. The Kier molecular flexibility index (Phi) is 2.21. The molecule has 2 atom stereocenters. The third-order valence-electron chi connectivity index (χ3n) is 1.91. The second-order valence-corrected chi connectivity index (χ2v) is 2.60. The number of alkyl halides is 2. The van der Waals surface area contributed by atoms with Gasteiger partial charge in [0.05, 0.1) is 0 Å². The zero-order valence-corrected chi connectivity index (χ0v) is 5.91. The highest BCUT2D eigenvalue weighted by Crippen LogP contribution is 2.45. The van der Waals surface area contributed by atoms with Crippen molar-refractivity contribution in [3.05, 3.63) is 11.7 Å². The maximum atomic E-state index is 12.9. The standard InChI is InChI=1S/C7H5F4O/c8-4(3-12)6(10)7(11)2-1-5(7)9/h5H,1-2H2. The summed E-state index contributed by atoms with van der Waals surface area (Å²) >= 11 is 0. The van der Waals surface area contributed by atoms with E-state index in [1.807, 2.05) is 0 Å². The number of hydrogen-bond donors (Lipinski definition) is 0. The van der Waals surface area contributed by atoms with Crippen LogP contribution in [-0.2, 0) is 4.79 Å². The Balaban J connectivity index is 2.89. The zero-order chi connectivity index (χ0) is 9.35. The Morgan fingerprint density at radius 1 is 1.50 bits per heavy atom. The minimum Gasteiger partial charge on any atom is -0.282 e. The van der Waals surface area contributed by atoms with Crippen LogP contribution < -0.4 is 0 Å². The molecule has 1 saturated carbocycles. The number of hydrogen-bond acceptors (Lipinski definition) is 1. The fourth-order valence-corrected chi connectivity index (χ4v) is 0.981. The average molecular weight is 181 g/mol. The third-order valence-corrected chi connectivity index (χ3v) is 1.91. The molecule has 1 radical (unpaired) electrons. The van der Waals surface area contributed by atoms with Gasteiger partial charge in [-0.25, -0.2) is 13.2 Å². The van der Waals surface area contributed by atoms with Gasteiger partial charge >= 0.3 is 0 Å². The second-order valence-electron chi connectivity index (χ2n) is 2.60. The Morgan fingerprint density at radius 2 is 2.08 bits per heavy atom. The summed E-state index contributed by atoms with van der Waals surface area (Å²) in [5, 5.41) is 0. The Bertz CT molecular complexity index is 238. The van der Waals surface area contributed by atoms with Gasteiger partial charge in [0.25, 0.3) is 6.29 Å². The molecule has 1 aliphatic carbocycles. The second kappa shape index (κ2) is 2.88. The monoisotopic (exact) mass is 181 g/mol. The van der Waals surface area contributed by atoms with E-state index in [0.717, 1.165) is 0 Å². The van der Waals surface area contributed by atoms with E-state index in [0.29, 0.717) is 6.29 Å². The molecule has 0 bridgehead atoms. The highest BCUT2D eigenvalue weighted by molar-refractivity contribution is 5.72. The van der Waals surface area contributed by atoms with Gasteiger partial charge < -0.3 is 0 Å². The molecule has 0 N–H and O–H groups in total. The fraction of sp³-hybridized carbons (Fsp3) is 0.571. The first-order valence-electron chi connectivity index (χ1n) is 3.29. The Hall–Kier alpha value is -0.870. The number of halogens is 4. The van der Waals surface area contributed by atoms with Crippen LogP contribution in [0.3, 0.4) is 0 Å². The zero-order valence-electron chi connectivity index (χ0n) is 5.91. The van der Waals surface area contributed by atoms with Crippen LogP contribution in [0.15, 0.2) is 11.7 Å². The van der Waals surface area contributed by atoms with E-state index in [2.05, 4.69) is 0 Å². The number of rotatable bonds is 2. The first-order chi connectivity index (χ1) is 5.52. The van der Waals surface area contributed by atoms with Gasteiger partial charge in [-0.15, -0.1) is 0 Å². The maximum absolute atomic E-state index is 12.9. The Morgan fingerprint density at radius 3 is 2.33 bits per heavy atom. The van der Waals surface area contributed by atoms with Crippen molar-refractivity contribution in [1.82, 2.24) is 0 Å². The van der Waals surface area contributed by atoms with Gasteiger partial charge in [-0.3, -0.25) is 4.79 Å². The van der Waals surface area contributed by atoms with E-state index in [-0.39, 0.29) is 6.42 Å². The molecule has 1 aliphatic rings. The molecule has 1 rings (SSSR count). The highest BCUT2D eigenvalue weighted by atomic mass is 19.2. The van der Waals surface area contributed by atoms with Crippen LogP contribution in [0.2, 0.25) is 0 Å². The molecule has 0 amide bonds. The summed E-state index contributed by atoms with van der Waals surface area (Å²) in [5.41, 5.74) is -2.93. The highest BCUT2D eigenvalue weighted by Gasteiger charge is 2.53. The molecule has 0 saturated heterocycles. The molecule has 0 aliphatic heterocycles. The molecule has 0 spiro atoms. The SMILES string of the molecule is O=[C]C(F)=C(F)C1(F)CCC1F. The van der Waals surface area contributed by atoms with Crippen molar-refractivity contribution in [2.24, 2.45) is 0 Å². The van der Waals surface area contributed by atoms with Crippen molar-refractivity contribution in [3.63, 3.8) is 0 Å².